The first kappa shape index (κ1) is 18.2. The molecule has 0 aliphatic carbocycles. The van der Waals surface area contributed by atoms with E-state index in [9.17, 15) is 4.79 Å². The Bertz CT molecular complexity index is 750. The number of piperidine rings is 1. The molecule has 1 unspecified atom stereocenters. The Kier molecular flexibility index (Phi) is 5.58. The highest BCUT2D eigenvalue weighted by atomic mass is 16.4. The molecule has 0 aromatic carbocycles. The van der Waals surface area contributed by atoms with Gasteiger partial charge < -0.3 is 9.32 Å². The summed E-state index contributed by atoms with van der Waals surface area (Å²) in [5, 5.41) is 0. The smallest absolute Gasteiger partial charge is 0.289 e. The maximum atomic E-state index is 12.8. The van der Waals surface area contributed by atoms with Gasteiger partial charge in [0.15, 0.2) is 5.76 Å². The van der Waals surface area contributed by atoms with E-state index < -0.39 is 0 Å². The van der Waals surface area contributed by atoms with E-state index in [1.165, 1.54) is 18.4 Å². The summed E-state index contributed by atoms with van der Waals surface area (Å²) in [7, 11) is 0. The minimum Gasteiger partial charge on any atom is -0.455 e. The van der Waals surface area contributed by atoms with Gasteiger partial charge in [0.25, 0.3) is 5.91 Å². The van der Waals surface area contributed by atoms with Gasteiger partial charge in [-0.2, -0.15) is 0 Å². The summed E-state index contributed by atoms with van der Waals surface area (Å²) in [5.41, 5.74) is 1.24. The largest absolute Gasteiger partial charge is 0.455 e. The van der Waals surface area contributed by atoms with Crippen LogP contribution in [0.15, 0.2) is 41.1 Å². The molecule has 2 saturated heterocycles. The zero-order valence-electron chi connectivity index (χ0n) is 16.1. The van der Waals surface area contributed by atoms with Gasteiger partial charge in [-0.05, 0) is 74.4 Å². The zero-order chi connectivity index (χ0) is 18.6. The second-order valence-corrected chi connectivity index (χ2v) is 8.20. The number of likely N-dealkylation sites (tertiary alicyclic amines) is 2. The van der Waals surface area contributed by atoms with E-state index >= 15 is 0 Å². The number of hydrogen-bond donors (Lipinski definition) is 0. The van der Waals surface area contributed by atoms with Gasteiger partial charge in [0.1, 0.15) is 5.76 Å². The van der Waals surface area contributed by atoms with Crippen molar-refractivity contribution in [2.75, 3.05) is 26.2 Å². The molecule has 2 aliphatic rings. The van der Waals surface area contributed by atoms with Crippen LogP contribution in [0.4, 0.5) is 0 Å². The lowest BCUT2D eigenvalue weighted by Gasteiger charge is -2.29. The number of aromatic nitrogens is 1. The molecule has 2 aromatic rings. The summed E-state index contributed by atoms with van der Waals surface area (Å²) >= 11 is 0. The molecule has 2 fully saturated rings. The maximum Gasteiger partial charge on any atom is 0.289 e. The third-order valence-corrected chi connectivity index (χ3v) is 5.95. The monoisotopic (exact) mass is 367 g/mol. The molecule has 144 valence electrons. The van der Waals surface area contributed by atoms with E-state index in [0.29, 0.717) is 11.7 Å². The number of hydrogen-bond acceptors (Lipinski definition) is 4. The average molecular weight is 367 g/mol. The first-order valence-corrected chi connectivity index (χ1v) is 10.2. The molecule has 0 N–H and O–H groups in total. The van der Waals surface area contributed by atoms with Crippen LogP contribution in [0.2, 0.25) is 0 Å². The minimum atomic E-state index is 0.0298. The molecule has 0 spiro atoms. The highest BCUT2D eigenvalue weighted by molar-refractivity contribution is 5.91. The van der Waals surface area contributed by atoms with Crippen LogP contribution in [0, 0.1) is 11.8 Å². The number of furan rings is 1. The molecule has 1 amide bonds. The summed E-state index contributed by atoms with van der Waals surface area (Å²) < 4.78 is 5.90. The molecule has 0 saturated carbocycles. The van der Waals surface area contributed by atoms with Crippen molar-refractivity contribution < 1.29 is 9.21 Å². The first-order valence-electron chi connectivity index (χ1n) is 10.2. The first-order chi connectivity index (χ1) is 13.2. The molecule has 2 aromatic heterocycles. The van der Waals surface area contributed by atoms with Crippen LogP contribution in [-0.4, -0.2) is 46.9 Å². The molecule has 0 bridgehead atoms. The van der Waals surface area contributed by atoms with Crippen LogP contribution in [0.3, 0.4) is 0 Å². The second kappa shape index (κ2) is 8.26. The van der Waals surface area contributed by atoms with Crippen LogP contribution < -0.4 is 0 Å². The summed E-state index contributed by atoms with van der Waals surface area (Å²) in [6.07, 6.45) is 8.24. The Morgan fingerprint density at radius 2 is 2.04 bits per heavy atom. The summed E-state index contributed by atoms with van der Waals surface area (Å²) in [5.74, 6) is 2.74. The van der Waals surface area contributed by atoms with E-state index in [0.717, 1.165) is 57.2 Å². The fraction of sp³-hybridized carbons (Fsp3) is 0.545. The van der Waals surface area contributed by atoms with Gasteiger partial charge in [0.2, 0.25) is 0 Å². The Morgan fingerprint density at radius 1 is 1.19 bits per heavy atom. The van der Waals surface area contributed by atoms with Crippen molar-refractivity contribution in [3.63, 3.8) is 0 Å². The fourth-order valence-corrected chi connectivity index (χ4v) is 4.21. The van der Waals surface area contributed by atoms with Gasteiger partial charge in [-0.15, -0.1) is 0 Å². The number of pyridine rings is 1. The quantitative estimate of drug-likeness (QED) is 0.810. The van der Waals surface area contributed by atoms with E-state index in [2.05, 4.69) is 22.9 Å². The summed E-state index contributed by atoms with van der Waals surface area (Å²) in [6, 6.07) is 7.89. The molecule has 5 heteroatoms. The lowest BCUT2D eigenvalue weighted by molar-refractivity contribution is 0.0750. The zero-order valence-corrected chi connectivity index (χ0v) is 16.1. The van der Waals surface area contributed by atoms with E-state index in [1.54, 1.807) is 6.20 Å². The summed E-state index contributed by atoms with van der Waals surface area (Å²) in [4.78, 5) is 21.3. The van der Waals surface area contributed by atoms with Gasteiger partial charge >= 0.3 is 0 Å². The van der Waals surface area contributed by atoms with E-state index in [4.69, 9.17) is 4.42 Å². The Morgan fingerprint density at radius 3 is 2.81 bits per heavy atom. The highest BCUT2D eigenvalue weighted by Crippen LogP contribution is 2.24. The lowest BCUT2D eigenvalue weighted by Crippen LogP contribution is -2.32. The highest BCUT2D eigenvalue weighted by Gasteiger charge is 2.29. The molecule has 27 heavy (non-hydrogen) atoms. The Hall–Kier alpha value is -2.14. The van der Waals surface area contributed by atoms with Gasteiger partial charge in [-0.1, -0.05) is 13.0 Å². The number of carbonyl (C=O) groups excluding carboxylic acids is 1. The van der Waals surface area contributed by atoms with Crippen LogP contribution >= 0.6 is 0 Å². The van der Waals surface area contributed by atoms with Crippen molar-refractivity contribution >= 4 is 5.91 Å². The Labute approximate surface area is 161 Å². The van der Waals surface area contributed by atoms with Gasteiger partial charge in [0, 0.05) is 25.5 Å². The van der Waals surface area contributed by atoms with Crippen LogP contribution in [0.25, 0.3) is 0 Å². The van der Waals surface area contributed by atoms with Crippen LogP contribution in [0.5, 0.6) is 0 Å². The van der Waals surface area contributed by atoms with Crippen molar-refractivity contribution in [1.29, 1.82) is 0 Å². The van der Waals surface area contributed by atoms with E-state index in [1.807, 2.05) is 29.3 Å². The normalized spacial score (nSPS) is 21.7. The molecule has 4 rings (SSSR count). The van der Waals surface area contributed by atoms with Gasteiger partial charge in [-0.25, -0.2) is 0 Å². The molecule has 0 radical (unpaired) electrons. The van der Waals surface area contributed by atoms with Crippen molar-refractivity contribution in [3.05, 3.63) is 53.7 Å². The molecule has 2 aliphatic heterocycles. The maximum absolute atomic E-state index is 12.8. The van der Waals surface area contributed by atoms with Crippen molar-refractivity contribution in [2.24, 2.45) is 11.8 Å². The predicted octanol–water partition coefficient (Wildman–Crippen LogP) is 3.61. The standard InChI is InChI=1S/C22H29N3O2/c1-17-6-10-24(11-7-17)16-20-4-5-21(27-20)22(26)25-12-8-19(15-25)13-18-3-2-9-23-14-18/h2-5,9,14,17,19H,6-8,10-13,15-16H2,1H3. The van der Waals surface area contributed by atoms with E-state index in [-0.39, 0.29) is 5.91 Å². The van der Waals surface area contributed by atoms with Crippen molar-refractivity contribution in [1.82, 2.24) is 14.8 Å². The van der Waals surface area contributed by atoms with Crippen molar-refractivity contribution in [3.8, 4) is 0 Å². The minimum absolute atomic E-state index is 0.0298. The number of nitrogens with zero attached hydrogens (tertiary/aromatic N) is 3. The number of rotatable bonds is 5. The average Bonchev–Trinajstić information content (AvgIpc) is 3.34. The number of amides is 1. The fourth-order valence-electron chi connectivity index (χ4n) is 4.21. The molecule has 5 nitrogen and oxygen atoms in total. The molecule has 1 atom stereocenters. The predicted molar refractivity (Wildman–Crippen MR) is 104 cm³/mol. The lowest BCUT2D eigenvalue weighted by atomic mass is 9.99. The third-order valence-electron chi connectivity index (χ3n) is 5.95. The number of carbonyl (C=O) groups is 1. The van der Waals surface area contributed by atoms with Crippen LogP contribution in [-0.2, 0) is 13.0 Å². The van der Waals surface area contributed by atoms with Gasteiger partial charge in [-0.3, -0.25) is 14.7 Å². The Balaban J connectivity index is 1.30. The topological polar surface area (TPSA) is 49.6 Å². The van der Waals surface area contributed by atoms with Crippen molar-refractivity contribution in [2.45, 2.75) is 39.2 Å². The van der Waals surface area contributed by atoms with Gasteiger partial charge in [0.05, 0.1) is 6.54 Å². The molecular weight excluding hydrogens is 338 g/mol. The van der Waals surface area contributed by atoms with Crippen LogP contribution in [0.1, 0.15) is 48.1 Å². The molecule has 4 heterocycles. The second-order valence-electron chi connectivity index (χ2n) is 8.20. The summed E-state index contributed by atoms with van der Waals surface area (Å²) in [6.45, 7) is 6.97. The molecular formula is C22H29N3O2. The third kappa shape index (κ3) is 4.59. The SMILES string of the molecule is CC1CCN(Cc2ccc(C(=O)N3CCC(Cc4cccnc4)C3)o2)CC1.